The lowest BCUT2D eigenvalue weighted by Gasteiger charge is -2.26. The molecule has 15 heavy (non-hydrogen) atoms. The zero-order chi connectivity index (χ0) is 10.9. The third-order valence-electron chi connectivity index (χ3n) is 3.90. The maximum absolute atomic E-state index is 12.4. The Bertz CT molecular complexity index is 313. The average Bonchev–Trinajstić information content (AvgIpc) is 3.01. The van der Waals surface area contributed by atoms with Crippen molar-refractivity contribution in [2.45, 2.75) is 54.9 Å². The molecule has 0 aromatic carbocycles. The summed E-state index contributed by atoms with van der Waals surface area (Å²) in [4.78, 5) is 0. The van der Waals surface area contributed by atoms with Crippen molar-refractivity contribution in [1.29, 1.82) is 0 Å². The predicted octanol–water partition coefficient (Wildman–Crippen LogP) is 1.49. The third-order valence-corrected chi connectivity index (χ3v) is 7.01. The second-order valence-corrected chi connectivity index (χ2v) is 7.64. The first-order valence-corrected chi connectivity index (χ1v) is 7.55. The average molecular weight is 231 g/mol. The second-order valence-electron chi connectivity index (χ2n) is 5.02. The molecule has 2 saturated carbocycles. The van der Waals surface area contributed by atoms with E-state index in [-0.39, 0.29) is 10.00 Å². The predicted molar refractivity (Wildman–Crippen MR) is 61.7 cm³/mol. The maximum Gasteiger partial charge on any atom is 0.160 e. The molecule has 2 aliphatic carbocycles. The fourth-order valence-electron chi connectivity index (χ4n) is 2.75. The fourth-order valence-corrected chi connectivity index (χ4v) is 5.43. The standard InChI is InChI=1S/C11H21NO2S/c1-12-9-11(7-8-11)15(13,14)10-5-3-2-4-6-10/h10,12H,2-9H2,1H3. The quantitative estimate of drug-likeness (QED) is 0.797. The Hall–Kier alpha value is -0.0900. The molecule has 0 spiro atoms. The summed E-state index contributed by atoms with van der Waals surface area (Å²) >= 11 is 0. The highest BCUT2D eigenvalue weighted by Crippen LogP contribution is 2.47. The van der Waals surface area contributed by atoms with Crippen LogP contribution >= 0.6 is 0 Å². The van der Waals surface area contributed by atoms with E-state index in [2.05, 4.69) is 5.32 Å². The van der Waals surface area contributed by atoms with E-state index in [9.17, 15) is 8.42 Å². The van der Waals surface area contributed by atoms with Crippen LogP contribution in [0.1, 0.15) is 44.9 Å². The maximum atomic E-state index is 12.4. The van der Waals surface area contributed by atoms with E-state index in [0.29, 0.717) is 6.54 Å². The van der Waals surface area contributed by atoms with Gasteiger partial charge in [0.1, 0.15) is 0 Å². The van der Waals surface area contributed by atoms with Crippen LogP contribution in [-0.4, -0.2) is 32.0 Å². The van der Waals surface area contributed by atoms with Crippen molar-refractivity contribution < 1.29 is 8.42 Å². The summed E-state index contributed by atoms with van der Waals surface area (Å²) in [6.07, 6.45) is 6.94. The molecular weight excluding hydrogens is 210 g/mol. The molecule has 88 valence electrons. The molecule has 0 aliphatic heterocycles. The molecule has 0 unspecified atom stereocenters. The highest BCUT2D eigenvalue weighted by atomic mass is 32.2. The molecule has 0 heterocycles. The van der Waals surface area contributed by atoms with Gasteiger partial charge in [-0.15, -0.1) is 0 Å². The van der Waals surface area contributed by atoms with Crippen LogP contribution in [-0.2, 0) is 9.84 Å². The number of rotatable bonds is 4. The fraction of sp³-hybridized carbons (Fsp3) is 1.00. The minimum absolute atomic E-state index is 0.0397. The molecule has 0 aromatic rings. The van der Waals surface area contributed by atoms with Crippen LogP contribution in [0.2, 0.25) is 0 Å². The van der Waals surface area contributed by atoms with Gasteiger partial charge in [-0.2, -0.15) is 0 Å². The highest BCUT2D eigenvalue weighted by molar-refractivity contribution is 7.93. The lowest BCUT2D eigenvalue weighted by atomic mass is 10.0. The first-order valence-electron chi connectivity index (χ1n) is 6.00. The molecule has 3 nitrogen and oxygen atoms in total. The van der Waals surface area contributed by atoms with Gasteiger partial charge >= 0.3 is 0 Å². The van der Waals surface area contributed by atoms with Crippen LogP contribution in [0.25, 0.3) is 0 Å². The molecule has 1 N–H and O–H groups in total. The van der Waals surface area contributed by atoms with E-state index in [1.54, 1.807) is 0 Å². The highest BCUT2D eigenvalue weighted by Gasteiger charge is 2.56. The van der Waals surface area contributed by atoms with Gasteiger partial charge in [-0.25, -0.2) is 8.42 Å². The molecule has 2 aliphatic rings. The van der Waals surface area contributed by atoms with Crippen molar-refractivity contribution in [3.05, 3.63) is 0 Å². The summed E-state index contributed by atoms with van der Waals surface area (Å²) in [7, 11) is -1.03. The van der Waals surface area contributed by atoms with Crippen LogP contribution in [0.5, 0.6) is 0 Å². The number of sulfone groups is 1. The summed E-state index contributed by atoms with van der Waals surface area (Å²) in [6, 6.07) is 0. The van der Waals surface area contributed by atoms with Crippen LogP contribution < -0.4 is 5.32 Å². The molecule has 0 radical (unpaired) electrons. The van der Waals surface area contributed by atoms with Crippen LogP contribution in [0, 0.1) is 0 Å². The van der Waals surface area contributed by atoms with Gasteiger partial charge in [0.15, 0.2) is 9.84 Å². The van der Waals surface area contributed by atoms with E-state index in [0.717, 1.165) is 38.5 Å². The second kappa shape index (κ2) is 4.06. The van der Waals surface area contributed by atoms with Crippen molar-refractivity contribution in [3.63, 3.8) is 0 Å². The largest absolute Gasteiger partial charge is 0.318 e. The van der Waals surface area contributed by atoms with E-state index < -0.39 is 9.84 Å². The summed E-state index contributed by atoms with van der Waals surface area (Å²) in [6.45, 7) is 0.645. The summed E-state index contributed by atoms with van der Waals surface area (Å²) in [5.41, 5.74) is 0. The smallest absolute Gasteiger partial charge is 0.160 e. The van der Waals surface area contributed by atoms with Gasteiger partial charge in [0.25, 0.3) is 0 Å². The molecule has 0 saturated heterocycles. The SMILES string of the molecule is CNCC1(S(=O)(=O)C2CCCCC2)CC1. The molecular formula is C11H21NO2S. The van der Waals surface area contributed by atoms with Gasteiger partial charge < -0.3 is 5.32 Å². The Balaban J connectivity index is 2.11. The molecule has 0 aromatic heterocycles. The van der Waals surface area contributed by atoms with E-state index in [4.69, 9.17) is 0 Å². The van der Waals surface area contributed by atoms with Crippen molar-refractivity contribution in [2.24, 2.45) is 0 Å². The molecule has 0 amide bonds. The zero-order valence-corrected chi connectivity index (χ0v) is 10.3. The zero-order valence-electron chi connectivity index (χ0n) is 9.46. The van der Waals surface area contributed by atoms with Crippen LogP contribution in [0.15, 0.2) is 0 Å². The van der Waals surface area contributed by atoms with E-state index >= 15 is 0 Å². The minimum Gasteiger partial charge on any atom is -0.318 e. The number of nitrogens with one attached hydrogen (secondary N) is 1. The molecule has 2 rings (SSSR count). The molecule has 2 fully saturated rings. The van der Waals surface area contributed by atoms with Gasteiger partial charge in [0, 0.05) is 6.54 Å². The van der Waals surface area contributed by atoms with Crippen molar-refractivity contribution in [2.75, 3.05) is 13.6 Å². The van der Waals surface area contributed by atoms with Gasteiger partial charge in [0.05, 0.1) is 10.00 Å². The van der Waals surface area contributed by atoms with Crippen molar-refractivity contribution >= 4 is 9.84 Å². The Morgan fingerprint density at radius 1 is 1.20 bits per heavy atom. The molecule has 0 atom stereocenters. The van der Waals surface area contributed by atoms with Gasteiger partial charge in [-0.3, -0.25) is 0 Å². The Morgan fingerprint density at radius 3 is 2.27 bits per heavy atom. The van der Waals surface area contributed by atoms with Crippen LogP contribution in [0.4, 0.5) is 0 Å². The normalized spacial score (nSPS) is 26.5. The van der Waals surface area contributed by atoms with Gasteiger partial charge in [-0.05, 0) is 32.7 Å². The van der Waals surface area contributed by atoms with Crippen molar-refractivity contribution in [3.8, 4) is 0 Å². The number of hydrogen-bond donors (Lipinski definition) is 1. The first kappa shape index (κ1) is 11.4. The van der Waals surface area contributed by atoms with E-state index in [1.165, 1.54) is 6.42 Å². The first-order chi connectivity index (χ1) is 7.12. The minimum atomic E-state index is -2.88. The topological polar surface area (TPSA) is 46.2 Å². The summed E-state index contributed by atoms with van der Waals surface area (Å²) in [5, 5.41) is 3.00. The Morgan fingerprint density at radius 2 is 1.80 bits per heavy atom. The van der Waals surface area contributed by atoms with Crippen LogP contribution in [0.3, 0.4) is 0 Å². The van der Waals surface area contributed by atoms with Gasteiger partial charge in [-0.1, -0.05) is 19.3 Å². The van der Waals surface area contributed by atoms with Crippen molar-refractivity contribution in [1.82, 2.24) is 5.32 Å². The lowest BCUT2D eigenvalue weighted by molar-refractivity contribution is 0.474. The summed E-state index contributed by atoms with van der Waals surface area (Å²) < 4.78 is 24.5. The third kappa shape index (κ3) is 1.94. The summed E-state index contributed by atoms with van der Waals surface area (Å²) in [5.74, 6) is 0. The number of hydrogen-bond acceptors (Lipinski definition) is 3. The van der Waals surface area contributed by atoms with E-state index in [1.807, 2.05) is 7.05 Å². The Kier molecular flexibility index (Phi) is 3.08. The van der Waals surface area contributed by atoms with Gasteiger partial charge in [0.2, 0.25) is 0 Å². The lowest BCUT2D eigenvalue weighted by Crippen LogP contribution is -2.41. The molecule has 4 heteroatoms. The molecule has 0 bridgehead atoms. The monoisotopic (exact) mass is 231 g/mol. The Labute approximate surface area is 92.6 Å².